The minimum absolute atomic E-state index is 0.146. The molecule has 0 aliphatic rings. The van der Waals surface area contributed by atoms with E-state index in [9.17, 15) is 4.79 Å². The van der Waals surface area contributed by atoms with E-state index in [1.165, 1.54) is 6.33 Å². The van der Waals surface area contributed by atoms with Gasteiger partial charge < -0.3 is 9.84 Å². The summed E-state index contributed by atoms with van der Waals surface area (Å²) in [6.45, 7) is 5.92. The SMILES string of the molecule is CC(C)(C)OC(=O)CCCn1ncnc1CO. The summed E-state index contributed by atoms with van der Waals surface area (Å²) in [4.78, 5) is 15.3. The second-order valence-corrected chi connectivity index (χ2v) is 4.75. The fourth-order valence-electron chi connectivity index (χ4n) is 1.36. The smallest absolute Gasteiger partial charge is 0.306 e. The van der Waals surface area contributed by atoms with Crippen LogP contribution in [-0.2, 0) is 22.7 Å². The molecule has 0 bridgehead atoms. The number of ether oxygens (including phenoxy) is 1. The van der Waals surface area contributed by atoms with E-state index in [2.05, 4.69) is 10.1 Å². The number of hydrogen-bond acceptors (Lipinski definition) is 5. The molecule has 0 aliphatic carbocycles. The van der Waals surface area contributed by atoms with Crippen molar-refractivity contribution in [3.05, 3.63) is 12.2 Å². The summed E-state index contributed by atoms with van der Waals surface area (Å²) in [5.74, 6) is 0.289. The van der Waals surface area contributed by atoms with Crippen LogP contribution in [0.4, 0.5) is 0 Å². The normalized spacial score (nSPS) is 11.5. The van der Waals surface area contributed by atoms with Gasteiger partial charge in [0.1, 0.15) is 18.5 Å². The highest BCUT2D eigenvalue weighted by Crippen LogP contribution is 2.09. The number of carbonyl (C=O) groups excluding carboxylic acids is 1. The zero-order valence-electron chi connectivity index (χ0n) is 10.5. The van der Waals surface area contributed by atoms with Crippen molar-refractivity contribution in [3.63, 3.8) is 0 Å². The van der Waals surface area contributed by atoms with Crippen LogP contribution in [0.25, 0.3) is 0 Å². The van der Waals surface area contributed by atoms with Crippen molar-refractivity contribution in [2.75, 3.05) is 0 Å². The molecule has 1 N–H and O–H groups in total. The Morgan fingerprint density at radius 1 is 1.53 bits per heavy atom. The monoisotopic (exact) mass is 241 g/mol. The lowest BCUT2D eigenvalue weighted by Gasteiger charge is -2.19. The first kappa shape index (κ1) is 13.6. The first-order chi connectivity index (χ1) is 7.92. The summed E-state index contributed by atoms with van der Waals surface area (Å²) in [5.41, 5.74) is -0.444. The van der Waals surface area contributed by atoms with E-state index in [4.69, 9.17) is 9.84 Å². The maximum absolute atomic E-state index is 11.4. The molecule has 1 aromatic rings. The number of nitrogens with zero attached hydrogens (tertiary/aromatic N) is 3. The Balaban J connectivity index is 2.31. The van der Waals surface area contributed by atoms with Crippen LogP contribution in [0.15, 0.2) is 6.33 Å². The summed E-state index contributed by atoms with van der Waals surface area (Å²) in [5, 5.41) is 12.9. The number of aliphatic hydroxyl groups is 1. The van der Waals surface area contributed by atoms with E-state index in [-0.39, 0.29) is 12.6 Å². The first-order valence-corrected chi connectivity index (χ1v) is 5.62. The molecule has 96 valence electrons. The number of esters is 1. The van der Waals surface area contributed by atoms with Gasteiger partial charge in [-0.1, -0.05) is 0 Å². The summed E-state index contributed by atoms with van der Waals surface area (Å²) in [7, 11) is 0. The lowest BCUT2D eigenvalue weighted by atomic mass is 10.2. The maximum atomic E-state index is 11.4. The predicted molar refractivity (Wildman–Crippen MR) is 61.0 cm³/mol. The molecule has 0 aliphatic heterocycles. The van der Waals surface area contributed by atoms with Crippen molar-refractivity contribution in [2.45, 2.75) is 52.4 Å². The van der Waals surface area contributed by atoms with E-state index in [1.807, 2.05) is 20.8 Å². The van der Waals surface area contributed by atoms with E-state index in [1.54, 1.807) is 4.68 Å². The van der Waals surface area contributed by atoms with Crippen LogP contribution >= 0.6 is 0 Å². The highest BCUT2D eigenvalue weighted by molar-refractivity contribution is 5.69. The molecular weight excluding hydrogens is 222 g/mol. The largest absolute Gasteiger partial charge is 0.460 e. The van der Waals surface area contributed by atoms with Gasteiger partial charge in [0.25, 0.3) is 0 Å². The lowest BCUT2D eigenvalue weighted by Crippen LogP contribution is -2.24. The van der Waals surface area contributed by atoms with Crippen molar-refractivity contribution in [3.8, 4) is 0 Å². The molecule has 1 aromatic heterocycles. The predicted octanol–water partition coefficient (Wildman–Crippen LogP) is 0.892. The van der Waals surface area contributed by atoms with Gasteiger partial charge in [0.15, 0.2) is 5.82 Å². The van der Waals surface area contributed by atoms with E-state index in [0.717, 1.165) is 0 Å². The molecule has 0 aromatic carbocycles. The maximum Gasteiger partial charge on any atom is 0.306 e. The summed E-state index contributed by atoms with van der Waals surface area (Å²) in [6, 6.07) is 0. The second-order valence-electron chi connectivity index (χ2n) is 4.75. The van der Waals surface area contributed by atoms with Gasteiger partial charge in [0.2, 0.25) is 0 Å². The average Bonchev–Trinajstić information content (AvgIpc) is 2.62. The number of hydrogen-bond donors (Lipinski definition) is 1. The molecule has 0 unspecified atom stereocenters. The molecule has 0 radical (unpaired) electrons. The Labute approximate surface area is 101 Å². The van der Waals surface area contributed by atoms with Crippen LogP contribution in [0, 0.1) is 0 Å². The van der Waals surface area contributed by atoms with Crippen LogP contribution in [0.5, 0.6) is 0 Å². The zero-order valence-corrected chi connectivity index (χ0v) is 10.5. The Bertz CT molecular complexity index is 368. The Kier molecular flexibility index (Phi) is 4.62. The Hall–Kier alpha value is -1.43. The van der Waals surface area contributed by atoms with Crippen molar-refractivity contribution >= 4 is 5.97 Å². The molecule has 6 nitrogen and oxygen atoms in total. The van der Waals surface area contributed by atoms with Gasteiger partial charge in [0, 0.05) is 13.0 Å². The van der Waals surface area contributed by atoms with Gasteiger partial charge in [0.05, 0.1) is 0 Å². The standard InChI is InChI=1S/C11H19N3O3/c1-11(2,3)17-10(16)5-4-6-14-9(7-15)12-8-13-14/h8,15H,4-7H2,1-3H3. The van der Waals surface area contributed by atoms with E-state index >= 15 is 0 Å². The Morgan fingerprint density at radius 3 is 2.82 bits per heavy atom. The van der Waals surface area contributed by atoms with Gasteiger partial charge in [-0.05, 0) is 27.2 Å². The number of aromatic nitrogens is 3. The van der Waals surface area contributed by atoms with Gasteiger partial charge in [-0.2, -0.15) is 5.10 Å². The van der Waals surface area contributed by atoms with Crippen molar-refractivity contribution in [1.29, 1.82) is 0 Å². The fraction of sp³-hybridized carbons (Fsp3) is 0.727. The molecule has 0 spiro atoms. The third-order valence-electron chi connectivity index (χ3n) is 2.01. The highest BCUT2D eigenvalue weighted by atomic mass is 16.6. The number of aryl methyl sites for hydroxylation is 1. The van der Waals surface area contributed by atoms with Gasteiger partial charge >= 0.3 is 5.97 Å². The molecule has 0 saturated heterocycles. The van der Waals surface area contributed by atoms with Crippen molar-refractivity contribution in [1.82, 2.24) is 14.8 Å². The number of rotatable bonds is 5. The third kappa shape index (κ3) is 4.95. The summed E-state index contributed by atoms with van der Waals surface area (Å²) < 4.78 is 6.77. The molecule has 0 fully saturated rings. The van der Waals surface area contributed by atoms with Crippen molar-refractivity contribution in [2.24, 2.45) is 0 Å². The second kappa shape index (κ2) is 5.77. The van der Waals surface area contributed by atoms with Gasteiger partial charge in [-0.3, -0.25) is 4.79 Å². The molecule has 1 heterocycles. The molecule has 1 rings (SSSR count). The average molecular weight is 241 g/mol. The van der Waals surface area contributed by atoms with Gasteiger partial charge in [-0.25, -0.2) is 9.67 Å². The lowest BCUT2D eigenvalue weighted by molar-refractivity contribution is -0.154. The topological polar surface area (TPSA) is 77.2 Å². The number of aliphatic hydroxyl groups excluding tert-OH is 1. The minimum atomic E-state index is -0.444. The molecule has 0 atom stereocenters. The molecular formula is C11H19N3O3. The third-order valence-corrected chi connectivity index (χ3v) is 2.01. The van der Waals surface area contributed by atoms with Crippen molar-refractivity contribution < 1.29 is 14.6 Å². The van der Waals surface area contributed by atoms with Gasteiger partial charge in [-0.15, -0.1) is 0 Å². The van der Waals surface area contributed by atoms with Crippen LogP contribution in [0.1, 0.15) is 39.4 Å². The fourth-order valence-corrected chi connectivity index (χ4v) is 1.36. The highest BCUT2D eigenvalue weighted by Gasteiger charge is 2.15. The summed E-state index contributed by atoms with van der Waals surface area (Å²) >= 11 is 0. The van der Waals surface area contributed by atoms with Crippen LogP contribution in [0.2, 0.25) is 0 Å². The first-order valence-electron chi connectivity index (χ1n) is 5.62. The van der Waals surface area contributed by atoms with Crippen LogP contribution in [-0.4, -0.2) is 31.4 Å². The van der Waals surface area contributed by atoms with E-state index < -0.39 is 5.60 Å². The molecule has 6 heteroatoms. The zero-order chi connectivity index (χ0) is 12.9. The Morgan fingerprint density at radius 2 is 2.24 bits per heavy atom. The van der Waals surface area contributed by atoms with E-state index in [0.29, 0.717) is 25.2 Å². The number of carbonyl (C=O) groups is 1. The minimum Gasteiger partial charge on any atom is -0.460 e. The molecule has 0 amide bonds. The van der Waals surface area contributed by atoms with Crippen LogP contribution in [0.3, 0.4) is 0 Å². The quantitative estimate of drug-likeness (QED) is 0.775. The summed E-state index contributed by atoms with van der Waals surface area (Å²) in [6.07, 6.45) is 2.34. The van der Waals surface area contributed by atoms with Crippen LogP contribution < -0.4 is 0 Å². The molecule has 0 saturated carbocycles. The molecule has 17 heavy (non-hydrogen) atoms.